The summed E-state index contributed by atoms with van der Waals surface area (Å²) in [7, 11) is 0. The molecule has 1 aromatic rings. The number of hydrogen-bond donors (Lipinski definition) is 1. The van der Waals surface area contributed by atoms with Crippen LogP contribution in [-0.4, -0.2) is 22.2 Å². The van der Waals surface area contributed by atoms with Gasteiger partial charge in [-0.25, -0.2) is 9.97 Å². The largest absolute Gasteiger partial charge is 0.374 e. The summed E-state index contributed by atoms with van der Waals surface area (Å²) in [6.45, 7) is 6.53. The van der Waals surface area contributed by atoms with Gasteiger partial charge in [-0.2, -0.15) is 0 Å². The molecule has 0 fully saturated rings. The first kappa shape index (κ1) is 11.1. The molecular formula is C10H17N3O. The van der Waals surface area contributed by atoms with E-state index in [9.17, 15) is 0 Å². The summed E-state index contributed by atoms with van der Waals surface area (Å²) in [5, 5.41) is 0. The van der Waals surface area contributed by atoms with Crippen LogP contribution in [0.15, 0.2) is 18.7 Å². The van der Waals surface area contributed by atoms with Gasteiger partial charge in [0.05, 0.1) is 11.6 Å². The Morgan fingerprint density at radius 2 is 2.00 bits per heavy atom. The minimum absolute atomic E-state index is 0.205. The van der Waals surface area contributed by atoms with Crippen LogP contribution in [0.5, 0.6) is 0 Å². The number of nitrogens with zero attached hydrogens (tertiary/aromatic N) is 2. The van der Waals surface area contributed by atoms with Crippen molar-refractivity contribution in [3.05, 3.63) is 24.3 Å². The van der Waals surface area contributed by atoms with Crippen LogP contribution in [0.25, 0.3) is 0 Å². The molecule has 0 aromatic carbocycles. The van der Waals surface area contributed by atoms with E-state index in [1.54, 1.807) is 12.4 Å². The Labute approximate surface area is 84.5 Å². The van der Waals surface area contributed by atoms with Gasteiger partial charge in [0, 0.05) is 24.6 Å². The number of nitrogens with two attached hydrogens (primary N) is 1. The molecule has 4 nitrogen and oxygen atoms in total. The smallest absolute Gasteiger partial charge is 0.115 e. The molecule has 0 amide bonds. The summed E-state index contributed by atoms with van der Waals surface area (Å²) < 4.78 is 5.56. The van der Waals surface area contributed by atoms with Crippen LogP contribution >= 0.6 is 0 Å². The highest BCUT2D eigenvalue weighted by Gasteiger charge is 2.28. The average molecular weight is 195 g/mol. The van der Waals surface area contributed by atoms with Gasteiger partial charge in [0.25, 0.3) is 0 Å². The second kappa shape index (κ2) is 4.48. The maximum atomic E-state index is 6.05. The second-order valence-electron chi connectivity index (χ2n) is 3.69. The molecular weight excluding hydrogens is 178 g/mol. The third kappa shape index (κ3) is 2.49. The number of aromatic nitrogens is 2. The van der Waals surface area contributed by atoms with Crippen molar-refractivity contribution in [2.24, 2.45) is 5.73 Å². The Kier molecular flexibility index (Phi) is 3.55. The Bertz CT molecular complexity index is 274. The maximum absolute atomic E-state index is 6.05. The summed E-state index contributed by atoms with van der Waals surface area (Å²) >= 11 is 0. The van der Waals surface area contributed by atoms with Gasteiger partial charge >= 0.3 is 0 Å². The molecule has 1 rings (SSSR count). The summed E-state index contributed by atoms with van der Waals surface area (Å²) in [6.07, 6.45) is 4.93. The predicted molar refractivity (Wildman–Crippen MR) is 54.7 cm³/mol. The lowest BCUT2D eigenvalue weighted by atomic mass is 9.94. The highest BCUT2D eigenvalue weighted by atomic mass is 16.5. The highest BCUT2D eigenvalue weighted by Crippen LogP contribution is 2.25. The van der Waals surface area contributed by atoms with E-state index in [4.69, 9.17) is 10.5 Å². The Morgan fingerprint density at radius 3 is 2.50 bits per heavy atom. The zero-order chi connectivity index (χ0) is 10.6. The lowest BCUT2D eigenvalue weighted by Gasteiger charge is -2.31. The van der Waals surface area contributed by atoms with Crippen LogP contribution in [0.1, 0.15) is 32.4 Å². The molecule has 0 saturated heterocycles. The van der Waals surface area contributed by atoms with Crippen LogP contribution in [0.4, 0.5) is 0 Å². The van der Waals surface area contributed by atoms with E-state index in [1.807, 2.05) is 20.8 Å². The summed E-state index contributed by atoms with van der Waals surface area (Å²) in [5.74, 6) is 0. The van der Waals surface area contributed by atoms with E-state index in [1.165, 1.54) is 6.33 Å². The van der Waals surface area contributed by atoms with Gasteiger partial charge in [-0.15, -0.1) is 0 Å². The van der Waals surface area contributed by atoms with Gasteiger partial charge in [0.2, 0.25) is 0 Å². The number of rotatable bonds is 4. The molecule has 14 heavy (non-hydrogen) atoms. The molecule has 0 spiro atoms. The molecule has 2 N–H and O–H groups in total. The summed E-state index contributed by atoms with van der Waals surface area (Å²) in [5.41, 5.74) is 6.56. The molecule has 0 aliphatic rings. The van der Waals surface area contributed by atoms with Gasteiger partial charge in [-0.05, 0) is 20.8 Å². The van der Waals surface area contributed by atoms with Crippen molar-refractivity contribution in [2.45, 2.75) is 32.4 Å². The Hall–Kier alpha value is -1.00. The first-order valence-corrected chi connectivity index (χ1v) is 4.72. The standard InChI is InChI=1S/C10H17N3O/c1-4-14-10(2,3)9(11)8-5-12-7-13-6-8/h5-7,9H,4,11H2,1-3H3. The molecule has 1 atom stereocenters. The van der Waals surface area contributed by atoms with Gasteiger partial charge < -0.3 is 10.5 Å². The van der Waals surface area contributed by atoms with E-state index in [0.717, 1.165) is 5.56 Å². The quantitative estimate of drug-likeness (QED) is 0.786. The fraction of sp³-hybridized carbons (Fsp3) is 0.600. The normalized spacial score (nSPS) is 14.0. The van der Waals surface area contributed by atoms with Crippen LogP contribution in [0.2, 0.25) is 0 Å². The monoisotopic (exact) mass is 195 g/mol. The molecule has 1 heterocycles. The third-order valence-electron chi connectivity index (χ3n) is 2.20. The molecule has 0 radical (unpaired) electrons. The first-order chi connectivity index (χ1) is 6.58. The van der Waals surface area contributed by atoms with E-state index in [0.29, 0.717) is 6.61 Å². The summed E-state index contributed by atoms with van der Waals surface area (Å²) in [6, 6.07) is -0.205. The van der Waals surface area contributed by atoms with E-state index in [2.05, 4.69) is 9.97 Å². The Morgan fingerprint density at radius 1 is 1.43 bits per heavy atom. The topological polar surface area (TPSA) is 61.0 Å². The van der Waals surface area contributed by atoms with Gasteiger partial charge in [-0.1, -0.05) is 0 Å². The lowest BCUT2D eigenvalue weighted by molar-refractivity contribution is -0.0299. The lowest BCUT2D eigenvalue weighted by Crippen LogP contribution is -2.38. The van der Waals surface area contributed by atoms with Crippen molar-refractivity contribution in [2.75, 3.05) is 6.61 Å². The van der Waals surface area contributed by atoms with E-state index in [-0.39, 0.29) is 11.6 Å². The van der Waals surface area contributed by atoms with Crippen LogP contribution in [0, 0.1) is 0 Å². The van der Waals surface area contributed by atoms with E-state index >= 15 is 0 Å². The zero-order valence-corrected chi connectivity index (χ0v) is 8.90. The SMILES string of the molecule is CCOC(C)(C)C(N)c1cncnc1. The van der Waals surface area contributed by atoms with Crippen molar-refractivity contribution in [1.82, 2.24) is 9.97 Å². The van der Waals surface area contributed by atoms with Gasteiger partial charge in [-0.3, -0.25) is 0 Å². The minimum atomic E-state index is -0.389. The molecule has 0 saturated carbocycles. The molecule has 0 bridgehead atoms. The van der Waals surface area contributed by atoms with Crippen LogP contribution in [-0.2, 0) is 4.74 Å². The first-order valence-electron chi connectivity index (χ1n) is 4.72. The van der Waals surface area contributed by atoms with Crippen molar-refractivity contribution < 1.29 is 4.74 Å². The van der Waals surface area contributed by atoms with E-state index < -0.39 is 0 Å². The predicted octanol–water partition coefficient (Wildman–Crippen LogP) is 1.29. The van der Waals surface area contributed by atoms with Gasteiger partial charge in [0.1, 0.15) is 6.33 Å². The number of hydrogen-bond acceptors (Lipinski definition) is 4. The van der Waals surface area contributed by atoms with Crippen molar-refractivity contribution >= 4 is 0 Å². The maximum Gasteiger partial charge on any atom is 0.115 e. The molecule has 78 valence electrons. The van der Waals surface area contributed by atoms with Crippen LogP contribution in [0.3, 0.4) is 0 Å². The Balaban J connectivity index is 2.79. The van der Waals surface area contributed by atoms with Crippen molar-refractivity contribution in [3.8, 4) is 0 Å². The average Bonchev–Trinajstić information content (AvgIpc) is 2.18. The molecule has 0 aliphatic carbocycles. The van der Waals surface area contributed by atoms with Gasteiger partial charge in [0.15, 0.2) is 0 Å². The molecule has 0 aliphatic heterocycles. The highest BCUT2D eigenvalue weighted by molar-refractivity contribution is 5.12. The fourth-order valence-corrected chi connectivity index (χ4v) is 1.33. The van der Waals surface area contributed by atoms with Crippen molar-refractivity contribution in [3.63, 3.8) is 0 Å². The second-order valence-corrected chi connectivity index (χ2v) is 3.69. The van der Waals surface area contributed by atoms with Crippen molar-refractivity contribution in [1.29, 1.82) is 0 Å². The molecule has 4 heteroatoms. The molecule has 1 aromatic heterocycles. The number of ether oxygens (including phenoxy) is 1. The third-order valence-corrected chi connectivity index (χ3v) is 2.20. The fourth-order valence-electron chi connectivity index (χ4n) is 1.33. The molecule has 1 unspecified atom stereocenters. The van der Waals surface area contributed by atoms with Crippen LogP contribution < -0.4 is 5.73 Å². The summed E-state index contributed by atoms with van der Waals surface area (Å²) in [4.78, 5) is 7.87. The zero-order valence-electron chi connectivity index (χ0n) is 8.90. The minimum Gasteiger partial charge on any atom is -0.374 e.